The first kappa shape index (κ1) is 25.3. The van der Waals surface area contributed by atoms with E-state index >= 15 is 0 Å². The Morgan fingerprint density at radius 1 is 1.25 bits per heavy atom. The lowest BCUT2D eigenvalue weighted by atomic mass is 10.00. The molecule has 8 nitrogen and oxygen atoms in total. The zero-order valence-corrected chi connectivity index (χ0v) is 21.5. The molecule has 1 aromatic carbocycles. The quantitative estimate of drug-likeness (QED) is 0.141. The Morgan fingerprint density at radius 2 is 1.97 bits per heavy atom. The highest BCUT2D eigenvalue weighted by molar-refractivity contribution is 7.18. The van der Waals surface area contributed by atoms with Crippen LogP contribution in [0, 0.1) is 6.92 Å². The zero-order chi connectivity index (χ0) is 26.0. The smallest absolute Gasteiger partial charge is 0.350 e. The van der Waals surface area contributed by atoms with Gasteiger partial charge in [-0.15, -0.1) is 11.3 Å². The third kappa shape index (κ3) is 4.82. The number of ketones is 1. The summed E-state index contributed by atoms with van der Waals surface area (Å²) in [6.45, 7) is 9.00. The summed E-state index contributed by atoms with van der Waals surface area (Å²) in [5, 5.41) is 13.2. The first-order chi connectivity index (χ1) is 17.2. The second-order valence-corrected chi connectivity index (χ2v) is 10.1. The Morgan fingerprint density at radius 3 is 2.58 bits per heavy atom. The van der Waals surface area contributed by atoms with Crippen molar-refractivity contribution in [2.75, 3.05) is 11.5 Å². The molecule has 36 heavy (non-hydrogen) atoms. The molecule has 0 aliphatic carbocycles. The van der Waals surface area contributed by atoms with Gasteiger partial charge in [0.15, 0.2) is 5.13 Å². The number of aromatic nitrogens is 1. The van der Waals surface area contributed by atoms with Crippen LogP contribution in [0.25, 0.3) is 5.76 Å². The molecule has 3 heterocycles. The Hall–Kier alpha value is -3.76. The standard InChI is InChI=1S/C26H24N2O6S2/c1-5-12-33-25(32)23-15(4)27-26(36-23)28-20(18-7-6-13-35-18)19(22(30)24(28)31)21(29)16-8-10-17(11-9-16)34-14(2)3/h5-11,13-14,20,29H,1,12H2,2-4H3/b21-19+. The number of thiophene rings is 1. The van der Waals surface area contributed by atoms with Crippen LogP contribution in [-0.2, 0) is 14.3 Å². The van der Waals surface area contributed by atoms with E-state index in [1.807, 2.05) is 19.2 Å². The van der Waals surface area contributed by atoms with Gasteiger partial charge in [0.2, 0.25) is 0 Å². The van der Waals surface area contributed by atoms with Gasteiger partial charge in [-0.2, -0.15) is 0 Å². The molecule has 3 aromatic rings. The summed E-state index contributed by atoms with van der Waals surface area (Å²) in [6, 6.07) is 9.32. The molecule has 1 unspecified atom stereocenters. The molecule has 4 rings (SSSR count). The van der Waals surface area contributed by atoms with Crippen LogP contribution < -0.4 is 9.64 Å². The molecule has 1 aliphatic heterocycles. The molecule has 1 N–H and O–H groups in total. The number of rotatable bonds is 8. The summed E-state index contributed by atoms with van der Waals surface area (Å²) in [5.41, 5.74) is 0.690. The lowest BCUT2D eigenvalue weighted by molar-refractivity contribution is -0.132. The first-order valence-electron chi connectivity index (χ1n) is 11.1. The molecular formula is C26H24N2O6S2. The monoisotopic (exact) mass is 524 g/mol. The van der Waals surface area contributed by atoms with E-state index in [4.69, 9.17) is 9.47 Å². The van der Waals surface area contributed by atoms with Crippen LogP contribution in [0.5, 0.6) is 5.75 Å². The Kier molecular flexibility index (Phi) is 7.37. The number of aryl methyl sites for hydroxylation is 1. The van der Waals surface area contributed by atoms with Crippen molar-refractivity contribution in [1.82, 2.24) is 4.98 Å². The molecule has 1 aliphatic rings. The van der Waals surface area contributed by atoms with Gasteiger partial charge in [-0.3, -0.25) is 14.5 Å². The van der Waals surface area contributed by atoms with Crippen LogP contribution in [0.3, 0.4) is 0 Å². The summed E-state index contributed by atoms with van der Waals surface area (Å²) >= 11 is 2.30. The summed E-state index contributed by atoms with van der Waals surface area (Å²) in [7, 11) is 0. The van der Waals surface area contributed by atoms with Gasteiger partial charge in [0.25, 0.3) is 5.78 Å². The van der Waals surface area contributed by atoms with Gasteiger partial charge in [0.1, 0.15) is 29.0 Å². The molecule has 1 atom stereocenters. The van der Waals surface area contributed by atoms with Gasteiger partial charge in [-0.05, 0) is 56.5 Å². The molecule has 0 bridgehead atoms. The van der Waals surface area contributed by atoms with Crippen LogP contribution in [0.4, 0.5) is 5.13 Å². The predicted molar refractivity (Wildman–Crippen MR) is 139 cm³/mol. The van der Waals surface area contributed by atoms with Crippen LogP contribution in [-0.4, -0.2) is 40.5 Å². The molecule has 0 spiro atoms. The second-order valence-electron chi connectivity index (χ2n) is 8.17. The molecule has 1 amide bonds. The van der Waals surface area contributed by atoms with Gasteiger partial charge in [0, 0.05) is 10.4 Å². The largest absolute Gasteiger partial charge is 0.507 e. The minimum absolute atomic E-state index is 0.0192. The predicted octanol–water partition coefficient (Wildman–Crippen LogP) is 5.27. The summed E-state index contributed by atoms with van der Waals surface area (Å²) < 4.78 is 10.8. The maximum Gasteiger partial charge on any atom is 0.350 e. The third-order valence-corrected chi connectivity index (χ3v) is 7.33. The molecule has 0 radical (unpaired) electrons. The van der Waals surface area contributed by atoms with Crippen LogP contribution in [0.1, 0.15) is 45.7 Å². The van der Waals surface area contributed by atoms with E-state index in [0.29, 0.717) is 21.9 Å². The number of aliphatic hydroxyl groups excluding tert-OH is 1. The number of Topliss-reactive ketones (excluding diaryl/α,β-unsaturated/α-hetero) is 1. The average molecular weight is 525 g/mol. The van der Waals surface area contributed by atoms with E-state index in [9.17, 15) is 19.5 Å². The van der Waals surface area contributed by atoms with Crippen molar-refractivity contribution in [2.45, 2.75) is 32.9 Å². The fourth-order valence-corrected chi connectivity index (χ4v) is 5.55. The highest BCUT2D eigenvalue weighted by Gasteiger charge is 2.49. The minimum atomic E-state index is -0.904. The number of nitrogens with zero attached hydrogens (tertiary/aromatic N) is 2. The molecule has 2 aromatic heterocycles. The normalized spacial score (nSPS) is 17.0. The van der Waals surface area contributed by atoms with Crippen molar-refractivity contribution in [3.8, 4) is 5.75 Å². The average Bonchev–Trinajstić information content (AvgIpc) is 3.56. The van der Waals surface area contributed by atoms with E-state index in [1.165, 1.54) is 22.3 Å². The minimum Gasteiger partial charge on any atom is -0.507 e. The number of hydrogen-bond donors (Lipinski definition) is 1. The first-order valence-corrected chi connectivity index (χ1v) is 12.8. The van der Waals surface area contributed by atoms with E-state index in [2.05, 4.69) is 11.6 Å². The van der Waals surface area contributed by atoms with Crippen molar-refractivity contribution in [2.24, 2.45) is 0 Å². The Bertz CT molecular complexity index is 1340. The number of carbonyl (C=O) groups is 3. The fraction of sp³-hybridized carbons (Fsp3) is 0.231. The summed E-state index contributed by atoms with van der Waals surface area (Å²) in [5.74, 6) is -1.95. The molecule has 10 heteroatoms. The van der Waals surface area contributed by atoms with Crippen molar-refractivity contribution in [1.29, 1.82) is 0 Å². The lowest BCUT2D eigenvalue weighted by Gasteiger charge is -2.21. The lowest BCUT2D eigenvalue weighted by Crippen LogP contribution is -2.29. The van der Waals surface area contributed by atoms with Gasteiger partial charge < -0.3 is 14.6 Å². The van der Waals surface area contributed by atoms with Crippen molar-refractivity contribution < 1.29 is 29.0 Å². The molecular weight excluding hydrogens is 500 g/mol. The zero-order valence-electron chi connectivity index (χ0n) is 19.9. The van der Waals surface area contributed by atoms with Crippen molar-refractivity contribution in [3.05, 3.63) is 81.0 Å². The number of benzene rings is 1. The third-order valence-electron chi connectivity index (χ3n) is 5.27. The fourth-order valence-electron chi connectivity index (χ4n) is 3.74. The molecule has 1 fully saturated rings. The number of thiazole rings is 1. The topological polar surface area (TPSA) is 106 Å². The van der Waals surface area contributed by atoms with E-state index in [1.54, 1.807) is 43.3 Å². The molecule has 1 saturated heterocycles. The second kappa shape index (κ2) is 10.5. The van der Waals surface area contributed by atoms with Gasteiger partial charge in [-0.1, -0.05) is 30.1 Å². The SMILES string of the molecule is C=CCOC(=O)c1sc(N2C(=O)C(=O)/C(=C(/O)c3ccc(OC(C)C)cc3)C2c2cccs2)nc1C. The van der Waals surface area contributed by atoms with E-state index in [0.717, 1.165) is 11.3 Å². The highest BCUT2D eigenvalue weighted by Crippen LogP contribution is 2.45. The number of amides is 1. The van der Waals surface area contributed by atoms with E-state index in [-0.39, 0.29) is 34.1 Å². The van der Waals surface area contributed by atoms with Gasteiger partial charge in [0.05, 0.1) is 17.4 Å². The number of aliphatic hydroxyl groups is 1. The van der Waals surface area contributed by atoms with Crippen LogP contribution in [0.15, 0.2) is 60.0 Å². The Labute approximate surface area is 216 Å². The number of hydrogen-bond acceptors (Lipinski definition) is 9. The number of ether oxygens (including phenoxy) is 2. The molecule has 0 saturated carbocycles. The molecule has 186 valence electrons. The van der Waals surface area contributed by atoms with Crippen molar-refractivity contribution in [3.63, 3.8) is 0 Å². The van der Waals surface area contributed by atoms with Gasteiger partial charge in [-0.25, -0.2) is 9.78 Å². The van der Waals surface area contributed by atoms with Gasteiger partial charge >= 0.3 is 11.9 Å². The number of anilines is 1. The maximum atomic E-state index is 13.2. The number of carbonyl (C=O) groups excluding carboxylic acids is 3. The van der Waals surface area contributed by atoms with Crippen LogP contribution >= 0.6 is 22.7 Å². The summed E-state index contributed by atoms with van der Waals surface area (Å²) in [6.07, 6.45) is 1.43. The van der Waals surface area contributed by atoms with Crippen molar-refractivity contribution >= 4 is 51.2 Å². The highest BCUT2D eigenvalue weighted by atomic mass is 32.1. The number of esters is 1. The summed E-state index contributed by atoms with van der Waals surface area (Å²) in [4.78, 5) is 45.4. The maximum absolute atomic E-state index is 13.2. The van der Waals surface area contributed by atoms with E-state index < -0.39 is 23.7 Å². The van der Waals surface area contributed by atoms with Crippen LogP contribution in [0.2, 0.25) is 0 Å². The Balaban J connectivity index is 1.79.